The molecule has 0 spiro atoms. The van der Waals surface area contributed by atoms with Crippen molar-refractivity contribution < 1.29 is 5.11 Å². The van der Waals surface area contributed by atoms with E-state index in [2.05, 4.69) is 17.9 Å². The zero-order valence-electron chi connectivity index (χ0n) is 9.50. The minimum Gasteiger partial charge on any atom is -0.393 e. The number of rotatable bonds is 4. The van der Waals surface area contributed by atoms with Crippen molar-refractivity contribution in [2.45, 2.75) is 45.6 Å². The molecule has 1 rings (SSSR count). The Balaban J connectivity index is 2.24. The van der Waals surface area contributed by atoms with E-state index in [0.717, 1.165) is 13.0 Å². The largest absolute Gasteiger partial charge is 0.393 e. The Morgan fingerprint density at radius 1 is 1.36 bits per heavy atom. The second-order valence-electron chi connectivity index (χ2n) is 4.47. The summed E-state index contributed by atoms with van der Waals surface area (Å²) < 4.78 is 0. The second kappa shape index (κ2) is 6.20. The summed E-state index contributed by atoms with van der Waals surface area (Å²) >= 11 is 0. The number of nitrogens with zero attached hydrogens (tertiary/aromatic N) is 1. The van der Waals surface area contributed by atoms with E-state index in [1.807, 2.05) is 6.92 Å². The highest BCUT2D eigenvalue weighted by molar-refractivity contribution is 5.01. The molecule has 2 nitrogen and oxygen atoms in total. The lowest BCUT2D eigenvalue weighted by Gasteiger charge is -2.26. The number of hydrogen-bond donors (Lipinski definition) is 1. The number of aliphatic hydroxyl groups is 1. The monoisotopic (exact) mass is 197 g/mol. The van der Waals surface area contributed by atoms with E-state index in [1.165, 1.54) is 37.9 Å². The Morgan fingerprint density at radius 3 is 2.57 bits per heavy atom. The lowest BCUT2D eigenvalue weighted by atomic mass is 10.1. The van der Waals surface area contributed by atoms with Gasteiger partial charge in [0, 0.05) is 6.54 Å². The summed E-state index contributed by atoms with van der Waals surface area (Å²) in [6, 6.07) is 0. The van der Waals surface area contributed by atoms with E-state index in [9.17, 15) is 0 Å². The molecule has 0 bridgehead atoms. The van der Waals surface area contributed by atoms with E-state index in [-0.39, 0.29) is 6.10 Å². The van der Waals surface area contributed by atoms with Crippen LogP contribution in [-0.2, 0) is 0 Å². The summed E-state index contributed by atoms with van der Waals surface area (Å²) in [5.41, 5.74) is 1.40. The minimum atomic E-state index is -0.202. The first-order chi connectivity index (χ1) is 6.68. The number of likely N-dealkylation sites (tertiary alicyclic amines) is 1. The predicted octanol–water partition coefficient (Wildman–Crippen LogP) is 2.19. The highest BCUT2D eigenvalue weighted by Crippen LogP contribution is 2.10. The molecular weight excluding hydrogens is 174 g/mol. The molecule has 0 aliphatic carbocycles. The van der Waals surface area contributed by atoms with Crippen LogP contribution < -0.4 is 0 Å². The molecular formula is C12H23NO. The number of hydrogen-bond acceptors (Lipinski definition) is 2. The maximum Gasteiger partial charge on any atom is 0.0546 e. The Morgan fingerprint density at radius 2 is 2.00 bits per heavy atom. The van der Waals surface area contributed by atoms with Crippen LogP contribution in [0, 0.1) is 0 Å². The van der Waals surface area contributed by atoms with Gasteiger partial charge >= 0.3 is 0 Å². The van der Waals surface area contributed by atoms with Crippen LogP contribution in [0.4, 0.5) is 0 Å². The Labute approximate surface area is 87.6 Å². The summed E-state index contributed by atoms with van der Waals surface area (Å²) in [5, 5.41) is 9.15. The van der Waals surface area contributed by atoms with Gasteiger partial charge in [-0.3, -0.25) is 4.90 Å². The standard InChI is InChI=1S/C12H23NO/c1-11(6-7-12(2)14)10-13-8-4-3-5-9-13/h6,12,14H,3-5,7-10H2,1-2H3/b11-6+. The van der Waals surface area contributed by atoms with Gasteiger partial charge in [-0.15, -0.1) is 0 Å². The van der Waals surface area contributed by atoms with E-state index in [0.29, 0.717) is 0 Å². The summed E-state index contributed by atoms with van der Waals surface area (Å²) in [6.07, 6.45) is 6.85. The molecule has 82 valence electrons. The first-order valence-electron chi connectivity index (χ1n) is 5.74. The highest BCUT2D eigenvalue weighted by Gasteiger charge is 2.09. The van der Waals surface area contributed by atoms with E-state index < -0.39 is 0 Å². The molecule has 0 aromatic carbocycles. The van der Waals surface area contributed by atoms with Crippen molar-refractivity contribution in [3.05, 3.63) is 11.6 Å². The Hall–Kier alpha value is -0.340. The quantitative estimate of drug-likeness (QED) is 0.698. The average Bonchev–Trinajstić information content (AvgIpc) is 2.16. The van der Waals surface area contributed by atoms with Gasteiger partial charge in [0.1, 0.15) is 0 Å². The van der Waals surface area contributed by atoms with E-state index in [1.54, 1.807) is 0 Å². The Bertz CT molecular complexity index is 181. The first-order valence-corrected chi connectivity index (χ1v) is 5.74. The molecule has 0 aromatic rings. The van der Waals surface area contributed by atoms with Crippen LogP contribution in [0.5, 0.6) is 0 Å². The summed E-state index contributed by atoms with van der Waals surface area (Å²) in [4.78, 5) is 2.51. The fraction of sp³-hybridized carbons (Fsp3) is 0.833. The van der Waals surface area contributed by atoms with Crippen LogP contribution in [0.15, 0.2) is 11.6 Å². The van der Waals surface area contributed by atoms with Crippen LogP contribution in [0.25, 0.3) is 0 Å². The molecule has 1 saturated heterocycles. The molecule has 1 aliphatic rings. The van der Waals surface area contributed by atoms with Crippen LogP contribution in [-0.4, -0.2) is 35.7 Å². The molecule has 1 atom stereocenters. The fourth-order valence-electron chi connectivity index (χ4n) is 1.91. The normalized spacial score (nSPS) is 22.4. The van der Waals surface area contributed by atoms with E-state index in [4.69, 9.17) is 5.11 Å². The molecule has 1 fully saturated rings. The molecule has 0 amide bonds. The number of piperidine rings is 1. The van der Waals surface area contributed by atoms with Crippen LogP contribution in [0.1, 0.15) is 39.5 Å². The molecule has 1 aliphatic heterocycles. The zero-order chi connectivity index (χ0) is 10.4. The zero-order valence-corrected chi connectivity index (χ0v) is 9.50. The van der Waals surface area contributed by atoms with Crippen molar-refractivity contribution in [1.29, 1.82) is 0 Å². The van der Waals surface area contributed by atoms with Crippen LogP contribution in [0.3, 0.4) is 0 Å². The van der Waals surface area contributed by atoms with Crippen LogP contribution >= 0.6 is 0 Å². The third-order valence-electron chi connectivity index (χ3n) is 2.73. The van der Waals surface area contributed by atoms with Gasteiger partial charge in [-0.05, 0) is 46.2 Å². The predicted molar refractivity (Wildman–Crippen MR) is 60.3 cm³/mol. The Kier molecular flexibility index (Phi) is 5.20. The van der Waals surface area contributed by atoms with Gasteiger partial charge in [0.25, 0.3) is 0 Å². The molecule has 2 heteroatoms. The van der Waals surface area contributed by atoms with Crippen molar-refractivity contribution >= 4 is 0 Å². The molecule has 1 unspecified atom stereocenters. The van der Waals surface area contributed by atoms with Gasteiger partial charge in [0.15, 0.2) is 0 Å². The van der Waals surface area contributed by atoms with Crippen molar-refractivity contribution in [2.75, 3.05) is 19.6 Å². The minimum absolute atomic E-state index is 0.202. The average molecular weight is 197 g/mol. The third kappa shape index (κ3) is 4.77. The summed E-state index contributed by atoms with van der Waals surface area (Å²) in [5.74, 6) is 0. The van der Waals surface area contributed by atoms with Crippen molar-refractivity contribution in [3.63, 3.8) is 0 Å². The summed E-state index contributed by atoms with van der Waals surface area (Å²) in [7, 11) is 0. The molecule has 0 radical (unpaired) electrons. The van der Waals surface area contributed by atoms with Gasteiger partial charge < -0.3 is 5.11 Å². The summed E-state index contributed by atoms with van der Waals surface area (Å²) in [6.45, 7) is 7.59. The molecule has 0 saturated carbocycles. The molecule has 1 N–H and O–H groups in total. The second-order valence-corrected chi connectivity index (χ2v) is 4.47. The third-order valence-corrected chi connectivity index (χ3v) is 2.73. The maximum atomic E-state index is 9.15. The van der Waals surface area contributed by atoms with Crippen molar-refractivity contribution in [2.24, 2.45) is 0 Å². The maximum absolute atomic E-state index is 9.15. The smallest absolute Gasteiger partial charge is 0.0546 e. The van der Waals surface area contributed by atoms with Crippen LogP contribution in [0.2, 0.25) is 0 Å². The fourth-order valence-corrected chi connectivity index (χ4v) is 1.91. The lowest BCUT2D eigenvalue weighted by Crippen LogP contribution is -2.31. The van der Waals surface area contributed by atoms with E-state index >= 15 is 0 Å². The van der Waals surface area contributed by atoms with Gasteiger partial charge in [-0.1, -0.05) is 18.1 Å². The molecule has 14 heavy (non-hydrogen) atoms. The first kappa shape index (κ1) is 11.7. The van der Waals surface area contributed by atoms with Crippen molar-refractivity contribution in [1.82, 2.24) is 4.90 Å². The number of aliphatic hydroxyl groups excluding tert-OH is 1. The van der Waals surface area contributed by atoms with Gasteiger partial charge in [-0.25, -0.2) is 0 Å². The topological polar surface area (TPSA) is 23.5 Å². The molecule has 0 aromatic heterocycles. The van der Waals surface area contributed by atoms with Gasteiger partial charge in [0.05, 0.1) is 6.10 Å². The van der Waals surface area contributed by atoms with Crippen molar-refractivity contribution in [3.8, 4) is 0 Å². The SMILES string of the molecule is C/C(=C\CC(C)O)CN1CCCCC1. The van der Waals surface area contributed by atoms with Gasteiger partial charge in [-0.2, -0.15) is 0 Å². The molecule has 1 heterocycles. The highest BCUT2D eigenvalue weighted by atomic mass is 16.3. The van der Waals surface area contributed by atoms with Gasteiger partial charge in [0.2, 0.25) is 0 Å². The lowest BCUT2D eigenvalue weighted by molar-refractivity contribution is 0.197.